The molecule has 2 aromatic carbocycles. The number of furan rings is 1. The van der Waals surface area contributed by atoms with E-state index < -0.39 is 5.91 Å². The van der Waals surface area contributed by atoms with Gasteiger partial charge in [0.15, 0.2) is 5.76 Å². The number of amides is 2. The molecule has 0 radical (unpaired) electrons. The van der Waals surface area contributed by atoms with Gasteiger partial charge in [0.1, 0.15) is 9.92 Å². The Morgan fingerprint density at radius 2 is 1.97 bits per heavy atom. The van der Waals surface area contributed by atoms with Crippen LogP contribution in [0.15, 0.2) is 62.7 Å². The van der Waals surface area contributed by atoms with E-state index in [1.54, 1.807) is 23.1 Å². The molecule has 2 amide bonds. The number of fused-ring (bicyclic) bond motifs is 2. The van der Waals surface area contributed by atoms with Crippen LogP contribution in [0, 0.1) is 6.92 Å². The number of hydrogen-bond donors (Lipinski definition) is 2. The van der Waals surface area contributed by atoms with Crippen LogP contribution in [0.2, 0.25) is 0 Å². The molecule has 5 rings (SSSR count). The molecule has 0 unspecified atom stereocenters. The summed E-state index contributed by atoms with van der Waals surface area (Å²) in [7, 11) is 0. The van der Waals surface area contributed by atoms with E-state index in [0.717, 1.165) is 46.1 Å². The summed E-state index contributed by atoms with van der Waals surface area (Å²) in [6, 6.07) is 15.7. The van der Waals surface area contributed by atoms with E-state index in [1.165, 1.54) is 5.56 Å². The van der Waals surface area contributed by atoms with Crippen molar-refractivity contribution in [3.05, 3.63) is 76.5 Å². The number of benzene rings is 2. The molecule has 34 heavy (non-hydrogen) atoms. The number of hydrogen-bond acceptors (Lipinski definition) is 7. The normalized spacial score (nSPS) is 13.0. The number of rotatable bonds is 6. The predicted molar refractivity (Wildman–Crippen MR) is 135 cm³/mol. The first-order valence-corrected chi connectivity index (χ1v) is 12.9. The molecule has 174 valence electrons. The second-order valence-electron chi connectivity index (χ2n) is 8.11. The highest BCUT2D eigenvalue weighted by atomic mass is 32.2. The Bertz CT molecular complexity index is 1350. The summed E-state index contributed by atoms with van der Waals surface area (Å²) in [6.45, 7) is 2.93. The zero-order valence-electron chi connectivity index (χ0n) is 18.7. The van der Waals surface area contributed by atoms with Crippen LogP contribution in [0.5, 0.6) is 0 Å². The third-order valence-corrected chi connectivity index (χ3v) is 7.86. The van der Waals surface area contributed by atoms with Crippen molar-refractivity contribution < 1.29 is 14.0 Å². The Morgan fingerprint density at radius 1 is 1.15 bits per heavy atom. The number of hydrazine groups is 1. The van der Waals surface area contributed by atoms with Crippen molar-refractivity contribution in [3.63, 3.8) is 0 Å². The second kappa shape index (κ2) is 9.90. The standard InChI is InChI=1S/C25H24N4O3S2/c1-16-14-33-25(26-16)34-15-19-18-9-3-5-11-21(18)32-23(19)24(31)28-27-22(30)13-29-12-6-8-17-7-2-4-10-20(17)29/h2-5,7,9-11,14H,6,8,12-13,15H2,1H3,(H,27,30)(H,28,31). The topological polar surface area (TPSA) is 87.5 Å². The summed E-state index contributed by atoms with van der Waals surface area (Å²) < 4.78 is 6.81. The zero-order valence-corrected chi connectivity index (χ0v) is 20.3. The van der Waals surface area contributed by atoms with Gasteiger partial charge in [0.2, 0.25) is 0 Å². The quantitative estimate of drug-likeness (QED) is 0.300. The minimum absolute atomic E-state index is 0.170. The molecule has 1 aliphatic rings. The highest BCUT2D eigenvalue weighted by Gasteiger charge is 2.23. The number of aryl methyl sites for hydroxylation is 2. The van der Waals surface area contributed by atoms with Crippen LogP contribution < -0.4 is 15.8 Å². The molecule has 0 atom stereocenters. The van der Waals surface area contributed by atoms with Gasteiger partial charge in [-0.1, -0.05) is 48.2 Å². The largest absolute Gasteiger partial charge is 0.451 e. The molecule has 0 bridgehead atoms. The fraction of sp³-hybridized carbons (Fsp3) is 0.240. The van der Waals surface area contributed by atoms with Crippen molar-refractivity contribution in [2.75, 3.05) is 18.0 Å². The van der Waals surface area contributed by atoms with Crippen LogP contribution >= 0.6 is 23.1 Å². The predicted octanol–water partition coefficient (Wildman–Crippen LogP) is 4.70. The molecule has 7 nitrogen and oxygen atoms in total. The number of carbonyl (C=O) groups excluding carboxylic acids is 2. The Labute approximate surface area is 205 Å². The first-order chi connectivity index (χ1) is 16.6. The van der Waals surface area contributed by atoms with Crippen LogP contribution in [0.4, 0.5) is 5.69 Å². The minimum Gasteiger partial charge on any atom is -0.451 e. The molecule has 0 fully saturated rings. The lowest BCUT2D eigenvalue weighted by atomic mass is 10.0. The summed E-state index contributed by atoms with van der Waals surface area (Å²) in [5.41, 5.74) is 9.79. The van der Waals surface area contributed by atoms with Crippen molar-refractivity contribution in [1.82, 2.24) is 15.8 Å². The van der Waals surface area contributed by atoms with Gasteiger partial charge in [0.25, 0.3) is 5.91 Å². The fourth-order valence-corrected chi connectivity index (χ4v) is 6.01. The van der Waals surface area contributed by atoms with Crippen molar-refractivity contribution in [3.8, 4) is 0 Å². The molecule has 0 saturated carbocycles. The Balaban J connectivity index is 1.27. The number of anilines is 1. The number of aromatic nitrogens is 1. The molecule has 2 aromatic heterocycles. The average Bonchev–Trinajstić information content (AvgIpc) is 3.44. The maximum Gasteiger partial charge on any atom is 0.305 e. The Kier molecular flexibility index (Phi) is 6.55. The van der Waals surface area contributed by atoms with Gasteiger partial charge >= 0.3 is 5.91 Å². The molecule has 3 heterocycles. The Hall–Kier alpha value is -3.30. The number of nitrogens with zero attached hydrogens (tertiary/aromatic N) is 2. The zero-order chi connectivity index (χ0) is 23.5. The average molecular weight is 493 g/mol. The van der Waals surface area contributed by atoms with Gasteiger partial charge in [0.05, 0.1) is 6.54 Å². The smallest absolute Gasteiger partial charge is 0.305 e. The molecular formula is C25H24N4O3S2. The highest BCUT2D eigenvalue weighted by Crippen LogP contribution is 2.33. The number of thioether (sulfide) groups is 1. The van der Waals surface area contributed by atoms with Crippen LogP contribution in [0.1, 0.15) is 33.8 Å². The minimum atomic E-state index is -0.477. The van der Waals surface area contributed by atoms with Crippen molar-refractivity contribution in [2.45, 2.75) is 29.9 Å². The molecule has 4 aromatic rings. The van der Waals surface area contributed by atoms with E-state index >= 15 is 0 Å². The monoisotopic (exact) mass is 492 g/mol. The van der Waals surface area contributed by atoms with Gasteiger partial charge in [-0.2, -0.15) is 0 Å². The van der Waals surface area contributed by atoms with Gasteiger partial charge in [-0.05, 0) is 37.5 Å². The van der Waals surface area contributed by atoms with Gasteiger partial charge in [-0.3, -0.25) is 20.4 Å². The second-order valence-corrected chi connectivity index (χ2v) is 10.2. The summed E-state index contributed by atoms with van der Waals surface area (Å²) in [6.07, 6.45) is 2.01. The molecule has 0 spiro atoms. The SMILES string of the molecule is Cc1csc(SCc2c(C(=O)NNC(=O)CN3CCCc4ccccc43)oc3ccccc23)n1. The lowest BCUT2D eigenvalue weighted by Gasteiger charge is -2.30. The third-order valence-electron chi connectivity index (χ3n) is 5.70. The Morgan fingerprint density at radius 3 is 2.82 bits per heavy atom. The van der Waals surface area contributed by atoms with Crippen molar-refractivity contribution in [1.29, 1.82) is 0 Å². The summed E-state index contributed by atoms with van der Waals surface area (Å²) in [5.74, 6) is -0.0268. The first-order valence-electron chi connectivity index (χ1n) is 11.1. The summed E-state index contributed by atoms with van der Waals surface area (Å²) in [4.78, 5) is 32.1. The lowest BCUT2D eigenvalue weighted by molar-refractivity contribution is -0.120. The van der Waals surface area contributed by atoms with Gasteiger partial charge < -0.3 is 9.32 Å². The molecule has 2 N–H and O–H groups in total. The van der Waals surface area contributed by atoms with E-state index in [2.05, 4.69) is 21.9 Å². The van der Waals surface area contributed by atoms with Crippen LogP contribution in [-0.4, -0.2) is 29.9 Å². The number of nitrogens with one attached hydrogen (secondary N) is 2. The number of carbonyl (C=O) groups is 2. The van der Waals surface area contributed by atoms with Gasteiger partial charge in [-0.25, -0.2) is 4.98 Å². The van der Waals surface area contributed by atoms with Crippen LogP contribution in [-0.2, 0) is 17.0 Å². The highest BCUT2D eigenvalue weighted by molar-refractivity contribution is 8.00. The van der Waals surface area contributed by atoms with Crippen LogP contribution in [0.25, 0.3) is 11.0 Å². The van der Waals surface area contributed by atoms with Crippen molar-refractivity contribution >= 4 is 51.6 Å². The number of para-hydroxylation sites is 2. The van der Waals surface area contributed by atoms with E-state index in [0.29, 0.717) is 11.3 Å². The lowest BCUT2D eigenvalue weighted by Crippen LogP contribution is -2.47. The van der Waals surface area contributed by atoms with Crippen LogP contribution in [0.3, 0.4) is 0 Å². The van der Waals surface area contributed by atoms with E-state index in [1.807, 2.05) is 59.7 Å². The molecule has 9 heteroatoms. The number of thiazole rings is 1. The van der Waals surface area contributed by atoms with Crippen molar-refractivity contribution in [2.24, 2.45) is 0 Å². The molecule has 1 aliphatic heterocycles. The summed E-state index contributed by atoms with van der Waals surface area (Å²) >= 11 is 3.14. The fourth-order valence-electron chi connectivity index (χ4n) is 4.13. The third kappa shape index (κ3) is 4.80. The maximum atomic E-state index is 13.0. The molecule has 0 saturated heterocycles. The van der Waals surface area contributed by atoms with E-state index in [4.69, 9.17) is 4.42 Å². The summed E-state index contributed by atoms with van der Waals surface area (Å²) in [5, 5.41) is 2.88. The van der Waals surface area contributed by atoms with E-state index in [-0.39, 0.29) is 18.2 Å². The van der Waals surface area contributed by atoms with Gasteiger partial charge in [0, 0.05) is 40.0 Å². The molecular weight excluding hydrogens is 468 g/mol. The molecule has 0 aliphatic carbocycles. The van der Waals surface area contributed by atoms with Gasteiger partial charge in [-0.15, -0.1) is 11.3 Å². The van der Waals surface area contributed by atoms with E-state index in [9.17, 15) is 9.59 Å². The maximum absolute atomic E-state index is 13.0. The first kappa shape index (κ1) is 22.5.